The van der Waals surface area contributed by atoms with Crippen LogP contribution in [-0.4, -0.2) is 9.13 Å². The minimum atomic E-state index is -4.67. The van der Waals surface area contributed by atoms with Crippen LogP contribution in [-0.2, 0) is 6.18 Å². The summed E-state index contributed by atoms with van der Waals surface area (Å²) in [6.45, 7) is 33.0. The first-order chi connectivity index (χ1) is 44.1. The molecule has 0 spiro atoms. The quantitative estimate of drug-likeness (QED) is 0.139. The summed E-state index contributed by atoms with van der Waals surface area (Å²) in [4.78, 5) is 14.6. The highest BCUT2D eigenvalue weighted by Crippen LogP contribution is 2.47. The number of nitriles is 5. The Kier molecular flexibility index (Phi) is 13.8. The van der Waals surface area contributed by atoms with Gasteiger partial charge in [0.15, 0.2) is 22.7 Å². The standard InChI is InChI=1S/C77H36F3N11/c1-44-18-55(28-60(19-44)77(78,79)80)54-7-13-66(76(37-54)91-73-16-10-52(58-24-49(43-85)26-62(30-58)87-3)35-69(73)70-36-53(11-17-74(70)91)59-31-63(88-4)38-64(32-59)89-5)65-12-6-45(39-81)27-75(65)90-71-14-8-50(56-21-46(40-82)20-47(22-56)41-83)33-67(71)68-34-51(9-15-72(68)90)57-23-48(42-84)25-61(29-57)86-2/h6-38H,1H3. The second-order valence-electron chi connectivity index (χ2n) is 21.7. The van der Waals surface area contributed by atoms with Crippen LogP contribution in [0.5, 0.6) is 0 Å². The van der Waals surface area contributed by atoms with Crippen LogP contribution in [0.25, 0.3) is 141 Å². The van der Waals surface area contributed by atoms with E-state index in [0.717, 1.165) is 22.9 Å². The minimum absolute atomic E-state index is 0.267. The third-order valence-corrected chi connectivity index (χ3v) is 16.2. The number of nitrogens with zero attached hydrogens (tertiary/aromatic N) is 11. The Balaban J connectivity index is 1.13. The molecule has 11 nitrogen and oxygen atoms in total. The van der Waals surface area contributed by atoms with Gasteiger partial charge in [-0.2, -0.15) is 39.5 Å². The minimum Gasteiger partial charge on any atom is -0.309 e. The third kappa shape index (κ3) is 10.1. The first-order valence-electron chi connectivity index (χ1n) is 27.9. The molecule has 0 fully saturated rings. The Labute approximate surface area is 518 Å². The molecule has 14 heteroatoms. The summed E-state index contributed by atoms with van der Waals surface area (Å²) in [6, 6.07) is 68.6. The van der Waals surface area contributed by atoms with Gasteiger partial charge in [-0.25, -0.2) is 19.4 Å². The predicted molar refractivity (Wildman–Crippen MR) is 346 cm³/mol. The van der Waals surface area contributed by atoms with Gasteiger partial charge in [-0.05, 0) is 202 Å². The molecule has 0 aliphatic heterocycles. The lowest BCUT2D eigenvalue weighted by Gasteiger charge is -2.20. The zero-order valence-electron chi connectivity index (χ0n) is 47.6. The lowest BCUT2D eigenvalue weighted by molar-refractivity contribution is -0.137. The number of fused-ring (bicyclic) bond motifs is 6. The maximum absolute atomic E-state index is 14.7. The van der Waals surface area contributed by atoms with Gasteiger partial charge in [-0.3, -0.25) is 0 Å². The van der Waals surface area contributed by atoms with Crippen molar-refractivity contribution < 1.29 is 13.2 Å². The number of alkyl halides is 3. The SMILES string of the molecule is [C-]#[N+]c1cc(C#N)cc(-c2ccc3c(c2)c2cc(-c4cc(C#N)cc(C#N)c4)ccc2n3-c2cc(C#N)ccc2-c2ccc(-c3cc(C)cc(C(F)(F)F)c3)cc2-n2c3ccc(-c4cc(C#N)cc([N+]#[C-])c4)cc3c3cc(-c4cc([N+]#[C-])cc([N+]#[C-])c4)ccc32)c1. The fourth-order valence-corrected chi connectivity index (χ4v) is 12.2. The molecule has 2 heterocycles. The van der Waals surface area contributed by atoms with E-state index < -0.39 is 11.7 Å². The Morgan fingerprint density at radius 1 is 0.319 bits per heavy atom. The molecule has 0 N–H and O–H groups in total. The summed E-state index contributed by atoms with van der Waals surface area (Å²) in [5, 5.41) is 53.8. The Morgan fingerprint density at radius 2 is 0.648 bits per heavy atom. The highest BCUT2D eigenvalue weighted by Gasteiger charge is 2.31. The van der Waals surface area contributed by atoms with Crippen LogP contribution in [0.2, 0.25) is 0 Å². The second kappa shape index (κ2) is 22.3. The van der Waals surface area contributed by atoms with Crippen LogP contribution in [0.15, 0.2) is 200 Å². The molecule has 0 saturated heterocycles. The summed E-state index contributed by atoms with van der Waals surface area (Å²) in [5.41, 5.74) is 13.0. The fourth-order valence-electron chi connectivity index (χ4n) is 12.2. The molecule has 11 aromatic carbocycles. The molecule has 0 bridgehead atoms. The molecule has 420 valence electrons. The van der Waals surface area contributed by atoms with Gasteiger partial charge in [0, 0.05) is 43.8 Å². The van der Waals surface area contributed by atoms with Crippen molar-refractivity contribution in [3.63, 3.8) is 0 Å². The molecule has 13 rings (SSSR count). The molecule has 13 aromatic rings. The molecule has 0 unspecified atom stereocenters. The van der Waals surface area contributed by atoms with Crippen molar-refractivity contribution in [2.24, 2.45) is 0 Å². The van der Waals surface area contributed by atoms with Crippen molar-refractivity contribution in [1.82, 2.24) is 9.13 Å². The van der Waals surface area contributed by atoms with E-state index in [9.17, 15) is 39.5 Å². The summed E-state index contributed by atoms with van der Waals surface area (Å²) in [6.07, 6.45) is -4.67. The van der Waals surface area contributed by atoms with Crippen LogP contribution in [0, 0.1) is 89.9 Å². The van der Waals surface area contributed by atoms with Crippen molar-refractivity contribution in [2.45, 2.75) is 13.1 Å². The number of hydrogen-bond acceptors (Lipinski definition) is 5. The van der Waals surface area contributed by atoms with Gasteiger partial charge in [-0.15, -0.1) is 0 Å². The fraction of sp³-hybridized carbons (Fsp3) is 0.0260. The zero-order valence-corrected chi connectivity index (χ0v) is 47.6. The van der Waals surface area contributed by atoms with Gasteiger partial charge in [0.05, 0.1) is 112 Å². The van der Waals surface area contributed by atoms with Crippen molar-refractivity contribution in [3.8, 4) is 108 Å². The summed E-state index contributed by atoms with van der Waals surface area (Å²) in [7, 11) is 0. The summed E-state index contributed by atoms with van der Waals surface area (Å²) in [5.74, 6) is 0. The van der Waals surface area contributed by atoms with Crippen LogP contribution in [0.3, 0.4) is 0 Å². The van der Waals surface area contributed by atoms with Crippen LogP contribution < -0.4 is 0 Å². The van der Waals surface area contributed by atoms with E-state index in [1.54, 1.807) is 79.7 Å². The lowest BCUT2D eigenvalue weighted by Crippen LogP contribution is -2.05. The summed E-state index contributed by atoms with van der Waals surface area (Å²) < 4.78 is 48.3. The zero-order chi connectivity index (χ0) is 63.4. The number of benzene rings is 11. The Bertz CT molecular complexity index is 5400. The maximum atomic E-state index is 14.7. The summed E-state index contributed by atoms with van der Waals surface area (Å²) >= 11 is 0. The van der Waals surface area contributed by atoms with E-state index >= 15 is 0 Å². The van der Waals surface area contributed by atoms with Crippen LogP contribution in [0.4, 0.5) is 35.9 Å². The number of hydrogen-bond donors (Lipinski definition) is 0. The van der Waals surface area contributed by atoms with Gasteiger partial charge in [0.1, 0.15) is 0 Å². The molecule has 0 atom stereocenters. The second-order valence-corrected chi connectivity index (χ2v) is 21.7. The van der Waals surface area contributed by atoms with Crippen LogP contribution in [0.1, 0.15) is 38.9 Å². The average Bonchev–Trinajstić information content (AvgIpc) is 1.60. The van der Waals surface area contributed by atoms with E-state index in [2.05, 4.69) is 49.7 Å². The van der Waals surface area contributed by atoms with Gasteiger partial charge in [-0.1, -0.05) is 66.7 Å². The van der Waals surface area contributed by atoms with E-state index in [1.165, 1.54) is 24.3 Å². The highest BCUT2D eigenvalue weighted by atomic mass is 19.4. The number of halogens is 3. The predicted octanol–water partition coefficient (Wildman–Crippen LogP) is 20.8. The van der Waals surface area contributed by atoms with Gasteiger partial charge in [0.25, 0.3) is 0 Å². The molecule has 0 aliphatic carbocycles. The van der Waals surface area contributed by atoms with Crippen LogP contribution >= 0.6 is 0 Å². The molecule has 0 saturated carbocycles. The molecule has 0 radical (unpaired) electrons. The molecule has 2 aromatic heterocycles. The first kappa shape index (κ1) is 56.4. The van der Waals surface area contributed by atoms with E-state index in [0.29, 0.717) is 139 Å². The molecule has 0 aliphatic rings. The van der Waals surface area contributed by atoms with Crippen molar-refractivity contribution in [3.05, 3.63) is 285 Å². The molecular weight excluding hydrogens is 1140 g/mol. The number of rotatable bonds is 8. The molecule has 91 heavy (non-hydrogen) atoms. The Hall–Kier alpha value is -13.8. The normalized spacial score (nSPS) is 11.0. The van der Waals surface area contributed by atoms with E-state index in [1.807, 2.05) is 100 Å². The monoisotopic (exact) mass is 1170 g/mol. The third-order valence-electron chi connectivity index (χ3n) is 16.2. The first-order valence-corrected chi connectivity index (χ1v) is 27.9. The largest absolute Gasteiger partial charge is 0.416 e. The van der Waals surface area contributed by atoms with Gasteiger partial charge in [0.2, 0.25) is 0 Å². The lowest BCUT2D eigenvalue weighted by atomic mass is 9.94. The Morgan fingerprint density at radius 3 is 1.04 bits per heavy atom. The van der Waals surface area contributed by atoms with Crippen molar-refractivity contribution in [1.29, 1.82) is 26.3 Å². The van der Waals surface area contributed by atoms with E-state index in [-0.39, 0.29) is 28.3 Å². The van der Waals surface area contributed by atoms with Gasteiger partial charge >= 0.3 is 6.18 Å². The highest BCUT2D eigenvalue weighted by molar-refractivity contribution is 6.14. The number of aryl methyl sites for hydroxylation is 1. The van der Waals surface area contributed by atoms with Crippen molar-refractivity contribution >= 4 is 66.4 Å². The molecular formula is C77H36F3N11. The van der Waals surface area contributed by atoms with E-state index in [4.69, 9.17) is 26.3 Å². The number of aromatic nitrogens is 2. The molecule has 0 amide bonds. The topological polar surface area (TPSA) is 146 Å². The average molecular weight is 1170 g/mol. The maximum Gasteiger partial charge on any atom is 0.416 e. The van der Waals surface area contributed by atoms with Crippen molar-refractivity contribution in [2.75, 3.05) is 0 Å². The smallest absolute Gasteiger partial charge is 0.309 e. The van der Waals surface area contributed by atoms with Gasteiger partial charge < -0.3 is 9.13 Å².